The van der Waals surface area contributed by atoms with Gasteiger partial charge in [0.25, 0.3) is 0 Å². The fourth-order valence-electron chi connectivity index (χ4n) is 2.65. The number of hydrogen-bond acceptors (Lipinski definition) is 3. The van der Waals surface area contributed by atoms with E-state index in [0.717, 1.165) is 30.7 Å². The molecule has 0 saturated carbocycles. The van der Waals surface area contributed by atoms with Crippen LogP contribution >= 0.6 is 0 Å². The summed E-state index contributed by atoms with van der Waals surface area (Å²) in [4.78, 5) is 13.8. The van der Waals surface area contributed by atoms with Crippen molar-refractivity contribution >= 4 is 6.03 Å². The van der Waals surface area contributed by atoms with Crippen molar-refractivity contribution in [3.8, 4) is 0 Å². The third kappa shape index (κ3) is 5.38. The number of alkyl halides is 3. The average molecular weight is 345 g/mol. The van der Waals surface area contributed by atoms with Crippen molar-refractivity contribution in [2.75, 3.05) is 19.7 Å². The average Bonchev–Trinajstić information content (AvgIpc) is 2.93. The largest absolute Gasteiger partial charge is 0.416 e. The van der Waals surface area contributed by atoms with E-state index in [-0.39, 0.29) is 24.7 Å². The molecular formula is C16H22F3N3O2. The molecule has 0 spiro atoms. The monoisotopic (exact) mass is 345 g/mol. The number of carbonyl (C=O) groups excluding carboxylic acids is 1. The fraction of sp³-hybridized carbons (Fsp3) is 0.562. The molecule has 8 heteroatoms. The van der Waals surface area contributed by atoms with Gasteiger partial charge in [-0.2, -0.15) is 13.2 Å². The lowest BCUT2D eigenvalue weighted by molar-refractivity contribution is -0.137. The highest BCUT2D eigenvalue weighted by molar-refractivity contribution is 5.74. The molecule has 134 valence electrons. The van der Waals surface area contributed by atoms with E-state index < -0.39 is 11.7 Å². The maximum absolute atomic E-state index is 12.5. The number of rotatable bonds is 5. The van der Waals surface area contributed by atoms with Gasteiger partial charge in [-0.15, -0.1) is 0 Å². The summed E-state index contributed by atoms with van der Waals surface area (Å²) in [5, 5.41) is 14.4. The summed E-state index contributed by atoms with van der Waals surface area (Å²) >= 11 is 0. The van der Waals surface area contributed by atoms with E-state index in [0.29, 0.717) is 13.1 Å². The van der Waals surface area contributed by atoms with Gasteiger partial charge in [-0.3, -0.25) is 4.90 Å². The Balaban J connectivity index is 1.80. The number of nitrogens with one attached hydrogen (secondary N) is 2. The summed E-state index contributed by atoms with van der Waals surface area (Å²) in [6, 6.07) is 4.51. The summed E-state index contributed by atoms with van der Waals surface area (Å²) in [5.74, 6) is 0. The van der Waals surface area contributed by atoms with Crippen LogP contribution in [0, 0.1) is 0 Å². The van der Waals surface area contributed by atoms with E-state index in [1.54, 1.807) is 6.92 Å². The van der Waals surface area contributed by atoms with Crippen molar-refractivity contribution in [3.63, 3.8) is 0 Å². The zero-order chi connectivity index (χ0) is 17.7. The Labute approximate surface area is 138 Å². The quantitative estimate of drug-likeness (QED) is 0.764. The second kappa shape index (κ2) is 7.85. The van der Waals surface area contributed by atoms with Gasteiger partial charge in [0.1, 0.15) is 0 Å². The second-order valence-corrected chi connectivity index (χ2v) is 6.12. The molecular weight excluding hydrogens is 323 g/mol. The van der Waals surface area contributed by atoms with Crippen LogP contribution in [-0.2, 0) is 12.7 Å². The minimum atomic E-state index is -4.32. The zero-order valence-electron chi connectivity index (χ0n) is 13.4. The molecule has 5 nitrogen and oxygen atoms in total. The third-order valence-electron chi connectivity index (χ3n) is 3.95. The van der Waals surface area contributed by atoms with Crippen LogP contribution in [-0.4, -0.2) is 47.8 Å². The molecule has 1 saturated heterocycles. The SMILES string of the molecule is CC(CO)NC(=O)NC1CCN(Cc2ccc(C(F)(F)F)cc2)C1. The summed E-state index contributed by atoms with van der Waals surface area (Å²) in [7, 11) is 0. The highest BCUT2D eigenvalue weighted by atomic mass is 19.4. The number of amides is 2. The van der Waals surface area contributed by atoms with Gasteiger partial charge in [-0.25, -0.2) is 4.79 Å². The van der Waals surface area contributed by atoms with Crippen molar-refractivity contribution in [1.82, 2.24) is 15.5 Å². The van der Waals surface area contributed by atoms with E-state index in [4.69, 9.17) is 5.11 Å². The maximum atomic E-state index is 12.5. The number of aliphatic hydroxyl groups is 1. The molecule has 0 radical (unpaired) electrons. The van der Waals surface area contributed by atoms with Crippen LogP contribution in [0.25, 0.3) is 0 Å². The van der Waals surface area contributed by atoms with Crippen LogP contribution in [0.15, 0.2) is 24.3 Å². The van der Waals surface area contributed by atoms with Gasteiger partial charge < -0.3 is 15.7 Å². The van der Waals surface area contributed by atoms with Gasteiger partial charge in [0.2, 0.25) is 0 Å². The molecule has 1 aromatic rings. The summed E-state index contributed by atoms with van der Waals surface area (Å²) in [5.41, 5.74) is 0.156. The van der Waals surface area contributed by atoms with Crippen LogP contribution in [0.5, 0.6) is 0 Å². The number of urea groups is 1. The first kappa shape index (κ1) is 18.5. The van der Waals surface area contributed by atoms with Crippen LogP contribution in [0.4, 0.5) is 18.0 Å². The van der Waals surface area contributed by atoms with Gasteiger partial charge in [0.05, 0.1) is 18.2 Å². The molecule has 1 aliphatic heterocycles. The number of hydrogen-bond donors (Lipinski definition) is 3. The molecule has 1 aromatic carbocycles. The molecule has 3 N–H and O–H groups in total. The maximum Gasteiger partial charge on any atom is 0.416 e. The minimum absolute atomic E-state index is 0.00894. The number of halogens is 3. The van der Waals surface area contributed by atoms with Gasteiger partial charge in [0, 0.05) is 25.7 Å². The molecule has 2 amide bonds. The predicted molar refractivity (Wildman–Crippen MR) is 83.3 cm³/mol. The first-order valence-electron chi connectivity index (χ1n) is 7.84. The molecule has 2 unspecified atom stereocenters. The lowest BCUT2D eigenvalue weighted by Crippen LogP contribution is -2.47. The van der Waals surface area contributed by atoms with E-state index >= 15 is 0 Å². The molecule has 1 aliphatic rings. The first-order chi connectivity index (χ1) is 11.3. The highest BCUT2D eigenvalue weighted by Crippen LogP contribution is 2.29. The number of aliphatic hydroxyl groups excluding tert-OH is 1. The molecule has 1 fully saturated rings. The lowest BCUT2D eigenvalue weighted by atomic mass is 10.1. The lowest BCUT2D eigenvalue weighted by Gasteiger charge is -2.18. The molecule has 2 atom stereocenters. The van der Waals surface area contributed by atoms with E-state index in [1.165, 1.54) is 12.1 Å². The Morgan fingerprint density at radius 1 is 1.38 bits per heavy atom. The predicted octanol–water partition coefficient (Wildman–Crippen LogP) is 1.96. The molecule has 0 aromatic heterocycles. The van der Waals surface area contributed by atoms with Crippen molar-refractivity contribution in [1.29, 1.82) is 0 Å². The van der Waals surface area contributed by atoms with E-state index in [9.17, 15) is 18.0 Å². The first-order valence-corrected chi connectivity index (χ1v) is 7.84. The van der Waals surface area contributed by atoms with Crippen molar-refractivity contribution < 1.29 is 23.1 Å². The van der Waals surface area contributed by atoms with E-state index in [2.05, 4.69) is 15.5 Å². The fourth-order valence-corrected chi connectivity index (χ4v) is 2.65. The zero-order valence-corrected chi connectivity index (χ0v) is 13.4. The van der Waals surface area contributed by atoms with Crippen LogP contribution in [0.1, 0.15) is 24.5 Å². The second-order valence-electron chi connectivity index (χ2n) is 6.12. The highest BCUT2D eigenvalue weighted by Gasteiger charge is 2.30. The number of likely N-dealkylation sites (tertiary alicyclic amines) is 1. The van der Waals surface area contributed by atoms with Crippen molar-refractivity contribution in [2.45, 2.75) is 38.1 Å². The Kier molecular flexibility index (Phi) is 6.06. The van der Waals surface area contributed by atoms with Gasteiger partial charge in [-0.05, 0) is 31.0 Å². The summed E-state index contributed by atoms with van der Waals surface area (Å²) in [6.07, 6.45) is -3.54. The number of carbonyl (C=O) groups is 1. The molecule has 24 heavy (non-hydrogen) atoms. The smallest absolute Gasteiger partial charge is 0.394 e. The Morgan fingerprint density at radius 2 is 2.04 bits per heavy atom. The van der Waals surface area contributed by atoms with Gasteiger partial charge >= 0.3 is 12.2 Å². The number of nitrogens with zero attached hydrogens (tertiary/aromatic N) is 1. The minimum Gasteiger partial charge on any atom is -0.394 e. The molecule has 2 rings (SSSR count). The normalized spacial score (nSPS) is 20.0. The van der Waals surface area contributed by atoms with Crippen LogP contribution < -0.4 is 10.6 Å². The Hall–Kier alpha value is -1.80. The third-order valence-corrected chi connectivity index (χ3v) is 3.95. The standard InChI is InChI=1S/C16H22F3N3O2/c1-11(10-23)20-15(24)21-14-6-7-22(9-14)8-12-2-4-13(5-3-12)16(17,18)19/h2-5,11,14,23H,6-10H2,1H3,(H2,20,21,24). The topological polar surface area (TPSA) is 64.6 Å². The van der Waals surface area contributed by atoms with Crippen molar-refractivity contribution in [3.05, 3.63) is 35.4 Å². The summed E-state index contributed by atoms with van der Waals surface area (Å²) < 4.78 is 37.6. The van der Waals surface area contributed by atoms with Gasteiger partial charge in [0.15, 0.2) is 0 Å². The Bertz CT molecular complexity index is 548. The van der Waals surface area contributed by atoms with Crippen molar-refractivity contribution in [2.24, 2.45) is 0 Å². The van der Waals surface area contributed by atoms with Crippen LogP contribution in [0.3, 0.4) is 0 Å². The molecule has 0 aliphatic carbocycles. The van der Waals surface area contributed by atoms with E-state index in [1.807, 2.05) is 0 Å². The number of benzene rings is 1. The summed E-state index contributed by atoms with van der Waals surface area (Å²) in [6.45, 7) is 3.53. The van der Waals surface area contributed by atoms with Gasteiger partial charge in [-0.1, -0.05) is 12.1 Å². The van der Waals surface area contributed by atoms with Crippen LogP contribution in [0.2, 0.25) is 0 Å². The Morgan fingerprint density at radius 3 is 2.62 bits per heavy atom. The molecule has 0 bridgehead atoms. The molecule has 1 heterocycles.